The van der Waals surface area contributed by atoms with E-state index in [1.807, 2.05) is 75.4 Å². The molecule has 0 spiro atoms. The minimum Gasteiger partial charge on any atom is -0.497 e. The lowest BCUT2D eigenvalue weighted by molar-refractivity contribution is -0.140. The lowest BCUT2D eigenvalue weighted by Gasteiger charge is -2.34. The largest absolute Gasteiger partial charge is 0.497 e. The van der Waals surface area contributed by atoms with Crippen molar-refractivity contribution >= 4 is 27.5 Å². The molecule has 4 aromatic carbocycles. The normalized spacial score (nSPS) is 11.9. The predicted octanol–water partition coefficient (Wildman–Crippen LogP) is 5.36. The number of hydrogen-bond donors (Lipinski definition) is 1. The van der Waals surface area contributed by atoms with Gasteiger partial charge in [-0.3, -0.25) is 13.9 Å². The standard InChI is InChI=1S/C35H39N3O5S/c1-26(2)36-35(40)33(23-28-14-7-5-8-15-28)37(24-29-16-12-11-13-27(29)3)34(39)25-38(30-17-9-6-10-18-30)44(41,42)32-21-19-31(43-4)20-22-32/h5-22,26,33H,23-25H2,1-4H3,(H,36,40)/t33-/m0/s1. The van der Waals surface area contributed by atoms with Gasteiger partial charge in [0.1, 0.15) is 18.3 Å². The lowest BCUT2D eigenvalue weighted by atomic mass is 10.0. The van der Waals surface area contributed by atoms with Gasteiger partial charge >= 0.3 is 0 Å². The van der Waals surface area contributed by atoms with E-state index < -0.39 is 28.5 Å². The van der Waals surface area contributed by atoms with Crippen LogP contribution in [0.2, 0.25) is 0 Å². The molecule has 1 N–H and O–H groups in total. The van der Waals surface area contributed by atoms with Crippen LogP contribution in [0.1, 0.15) is 30.5 Å². The monoisotopic (exact) mass is 613 g/mol. The number of amides is 2. The maximum Gasteiger partial charge on any atom is 0.264 e. The van der Waals surface area contributed by atoms with Crippen molar-refractivity contribution in [1.29, 1.82) is 0 Å². The molecule has 0 aliphatic rings. The van der Waals surface area contributed by atoms with Crippen LogP contribution in [0.5, 0.6) is 5.75 Å². The molecule has 0 aromatic heterocycles. The van der Waals surface area contributed by atoms with E-state index in [9.17, 15) is 18.0 Å². The predicted molar refractivity (Wildman–Crippen MR) is 173 cm³/mol. The summed E-state index contributed by atoms with van der Waals surface area (Å²) in [5, 5.41) is 2.97. The molecule has 4 aromatic rings. The van der Waals surface area contributed by atoms with E-state index in [0.717, 1.165) is 21.0 Å². The topological polar surface area (TPSA) is 96.0 Å². The molecule has 0 radical (unpaired) electrons. The fourth-order valence-electron chi connectivity index (χ4n) is 4.90. The van der Waals surface area contributed by atoms with Gasteiger partial charge in [0.05, 0.1) is 17.7 Å². The Morgan fingerprint density at radius 1 is 0.818 bits per heavy atom. The molecule has 1 atom stereocenters. The number of aryl methyl sites for hydroxylation is 1. The second-order valence-electron chi connectivity index (χ2n) is 10.8. The van der Waals surface area contributed by atoms with Gasteiger partial charge in [-0.05, 0) is 73.9 Å². The van der Waals surface area contributed by atoms with Gasteiger partial charge < -0.3 is 15.0 Å². The Balaban J connectivity index is 1.79. The van der Waals surface area contributed by atoms with Crippen LogP contribution < -0.4 is 14.4 Å². The van der Waals surface area contributed by atoms with Gasteiger partial charge in [0, 0.05) is 19.0 Å². The van der Waals surface area contributed by atoms with Crippen LogP contribution in [0.15, 0.2) is 114 Å². The summed E-state index contributed by atoms with van der Waals surface area (Å²) < 4.78 is 34.5. The van der Waals surface area contributed by atoms with Crippen molar-refractivity contribution in [2.24, 2.45) is 0 Å². The van der Waals surface area contributed by atoms with E-state index in [4.69, 9.17) is 4.74 Å². The molecular weight excluding hydrogens is 574 g/mol. The number of rotatable bonds is 13. The van der Waals surface area contributed by atoms with Gasteiger partial charge in [-0.1, -0.05) is 72.8 Å². The van der Waals surface area contributed by atoms with Crippen molar-refractivity contribution in [2.45, 2.75) is 50.7 Å². The number of methoxy groups -OCH3 is 1. The summed E-state index contributed by atoms with van der Waals surface area (Å²) in [4.78, 5) is 29.7. The quantitative estimate of drug-likeness (QED) is 0.219. The Kier molecular flexibility index (Phi) is 10.8. The van der Waals surface area contributed by atoms with Crippen molar-refractivity contribution in [1.82, 2.24) is 10.2 Å². The molecule has 0 aliphatic carbocycles. The van der Waals surface area contributed by atoms with E-state index in [1.54, 1.807) is 42.5 Å². The first-order valence-electron chi connectivity index (χ1n) is 14.5. The number of benzene rings is 4. The summed E-state index contributed by atoms with van der Waals surface area (Å²) in [6.45, 7) is 5.29. The molecule has 230 valence electrons. The molecule has 9 heteroatoms. The number of sulfonamides is 1. The molecule has 0 saturated heterocycles. The van der Waals surface area contributed by atoms with E-state index in [2.05, 4.69) is 5.32 Å². The van der Waals surface area contributed by atoms with Crippen molar-refractivity contribution in [3.8, 4) is 5.75 Å². The zero-order valence-corrected chi connectivity index (χ0v) is 26.3. The average Bonchev–Trinajstić information content (AvgIpc) is 3.02. The smallest absolute Gasteiger partial charge is 0.264 e. The summed E-state index contributed by atoms with van der Waals surface area (Å²) >= 11 is 0. The first-order chi connectivity index (χ1) is 21.1. The molecule has 2 amide bonds. The molecule has 4 rings (SSSR count). The zero-order valence-electron chi connectivity index (χ0n) is 25.5. The number of nitrogens with one attached hydrogen (secondary N) is 1. The van der Waals surface area contributed by atoms with Crippen LogP contribution in [-0.4, -0.2) is 50.9 Å². The van der Waals surface area contributed by atoms with Crippen molar-refractivity contribution in [3.63, 3.8) is 0 Å². The first kappa shape index (κ1) is 32.3. The second-order valence-corrected chi connectivity index (χ2v) is 12.7. The summed E-state index contributed by atoms with van der Waals surface area (Å²) in [7, 11) is -2.68. The van der Waals surface area contributed by atoms with Crippen molar-refractivity contribution in [3.05, 3.63) is 126 Å². The Labute approximate surface area is 260 Å². The molecule has 0 bridgehead atoms. The highest BCUT2D eigenvalue weighted by atomic mass is 32.2. The molecule has 0 fully saturated rings. The molecule has 0 heterocycles. The Morgan fingerprint density at radius 2 is 1.41 bits per heavy atom. The fraction of sp³-hybridized carbons (Fsp3) is 0.257. The Hall–Kier alpha value is -4.63. The van der Waals surface area contributed by atoms with Crippen LogP contribution in [0.4, 0.5) is 5.69 Å². The summed E-state index contributed by atoms with van der Waals surface area (Å²) in [5.41, 5.74) is 3.03. The zero-order chi connectivity index (χ0) is 31.7. The van der Waals surface area contributed by atoms with E-state index in [-0.39, 0.29) is 29.8 Å². The first-order valence-corrected chi connectivity index (χ1v) is 15.9. The number of nitrogens with zero attached hydrogens (tertiary/aromatic N) is 2. The van der Waals surface area contributed by atoms with E-state index in [1.165, 1.54) is 24.1 Å². The minimum atomic E-state index is -4.18. The molecule has 44 heavy (non-hydrogen) atoms. The Morgan fingerprint density at radius 3 is 2.00 bits per heavy atom. The van der Waals surface area contributed by atoms with Crippen LogP contribution in [0, 0.1) is 6.92 Å². The van der Waals surface area contributed by atoms with Gasteiger partial charge in [-0.25, -0.2) is 8.42 Å². The van der Waals surface area contributed by atoms with E-state index in [0.29, 0.717) is 11.4 Å². The molecule has 0 unspecified atom stereocenters. The van der Waals surface area contributed by atoms with E-state index >= 15 is 0 Å². The number of para-hydroxylation sites is 1. The summed E-state index contributed by atoms with van der Waals surface area (Å²) in [6, 6.07) is 30.6. The molecular formula is C35H39N3O5S. The highest BCUT2D eigenvalue weighted by molar-refractivity contribution is 7.92. The number of carbonyl (C=O) groups is 2. The average molecular weight is 614 g/mol. The lowest BCUT2D eigenvalue weighted by Crippen LogP contribution is -2.54. The molecule has 0 aliphatic heterocycles. The number of carbonyl (C=O) groups excluding carboxylic acids is 2. The summed E-state index contributed by atoms with van der Waals surface area (Å²) in [6.07, 6.45) is 0.258. The fourth-order valence-corrected chi connectivity index (χ4v) is 6.32. The van der Waals surface area contributed by atoms with Crippen LogP contribution in [0.25, 0.3) is 0 Å². The van der Waals surface area contributed by atoms with Crippen molar-refractivity contribution in [2.75, 3.05) is 18.0 Å². The summed E-state index contributed by atoms with van der Waals surface area (Å²) in [5.74, 6) is -0.306. The Bertz CT molecular complexity index is 1640. The third-order valence-corrected chi connectivity index (χ3v) is 9.06. The van der Waals surface area contributed by atoms with Crippen LogP contribution in [0.3, 0.4) is 0 Å². The van der Waals surface area contributed by atoms with Gasteiger partial charge in [-0.2, -0.15) is 0 Å². The maximum absolute atomic E-state index is 14.5. The van der Waals surface area contributed by atoms with Gasteiger partial charge in [0.25, 0.3) is 10.0 Å². The third-order valence-electron chi connectivity index (χ3n) is 7.27. The van der Waals surface area contributed by atoms with Gasteiger partial charge in [0.15, 0.2) is 0 Å². The number of hydrogen-bond acceptors (Lipinski definition) is 5. The highest BCUT2D eigenvalue weighted by Gasteiger charge is 2.35. The SMILES string of the molecule is COc1ccc(S(=O)(=O)N(CC(=O)N(Cc2ccccc2C)[C@@H](Cc2ccccc2)C(=O)NC(C)C)c2ccccc2)cc1. The van der Waals surface area contributed by atoms with Crippen LogP contribution in [-0.2, 0) is 32.6 Å². The highest BCUT2D eigenvalue weighted by Crippen LogP contribution is 2.26. The maximum atomic E-state index is 14.5. The molecule has 8 nitrogen and oxygen atoms in total. The second kappa shape index (κ2) is 14.7. The molecule has 0 saturated carbocycles. The van der Waals surface area contributed by atoms with Crippen LogP contribution >= 0.6 is 0 Å². The number of anilines is 1. The minimum absolute atomic E-state index is 0.0128. The van der Waals surface area contributed by atoms with Gasteiger partial charge in [-0.15, -0.1) is 0 Å². The number of ether oxygens (including phenoxy) is 1. The van der Waals surface area contributed by atoms with Crippen molar-refractivity contribution < 1.29 is 22.7 Å². The third kappa shape index (κ3) is 8.05. The van der Waals surface area contributed by atoms with Gasteiger partial charge in [0.2, 0.25) is 11.8 Å².